The van der Waals surface area contributed by atoms with Crippen LogP contribution in [0, 0.1) is 11.8 Å². The topological polar surface area (TPSA) is 102 Å². The number of ether oxygens (including phenoxy) is 3. The number of rotatable bonds is 13. The lowest BCUT2D eigenvalue weighted by molar-refractivity contribution is -0.251. The minimum Gasteiger partial charge on any atom is -0.463 e. The SMILES string of the molecule is CCCC(CCC)C(=O)OC[C@H]1OC(O)C[C@@H](O)[C@@H]1OC(=O)C(CCC)CCC. The molecule has 0 bridgehead atoms. The average molecular weight is 417 g/mol. The molecule has 0 saturated carbocycles. The highest BCUT2D eigenvalue weighted by atomic mass is 16.7. The summed E-state index contributed by atoms with van der Waals surface area (Å²) in [4.78, 5) is 25.0. The van der Waals surface area contributed by atoms with Crippen molar-refractivity contribution in [2.75, 3.05) is 6.61 Å². The van der Waals surface area contributed by atoms with E-state index < -0.39 is 24.6 Å². The van der Waals surface area contributed by atoms with Gasteiger partial charge in [0.25, 0.3) is 0 Å². The van der Waals surface area contributed by atoms with E-state index in [0.29, 0.717) is 12.8 Å². The van der Waals surface area contributed by atoms with Crippen LogP contribution in [0.25, 0.3) is 0 Å². The summed E-state index contributed by atoms with van der Waals surface area (Å²) in [5.74, 6) is -1.09. The molecule has 7 heteroatoms. The Bertz CT molecular complexity index is 470. The van der Waals surface area contributed by atoms with Crippen LogP contribution in [0.3, 0.4) is 0 Å². The van der Waals surface area contributed by atoms with Crippen molar-refractivity contribution in [3.63, 3.8) is 0 Å². The molecule has 4 atom stereocenters. The predicted molar refractivity (Wildman–Crippen MR) is 109 cm³/mol. The first kappa shape index (κ1) is 25.9. The Hall–Kier alpha value is -1.18. The van der Waals surface area contributed by atoms with E-state index in [0.717, 1.165) is 38.5 Å². The lowest BCUT2D eigenvalue weighted by Crippen LogP contribution is -2.53. The fourth-order valence-corrected chi connectivity index (χ4v) is 3.88. The molecule has 1 unspecified atom stereocenters. The van der Waals surface area contributed by atoms with Crippen LogP contribution in [0.15, 0.2) is 0 Å². The van der Waals surface area contributed by atoms with Gasteiger partial charge in [0.2, 0.25) is 0 Å². The highest BCUT2D eigenvalue weighted by Crippen LogP contribution is 2.26. The number of carbonyl (C=O) groups excluding carboxylic acids is 2. The van der Waals surface area contributed by atoms with Crippen molar-refractivity contribution in [2.24, 2.45) is 11.8 Å². The summed E-state index contributed by atoms with van der Waals surface area (Å²) < 4.78 is 16.5. The monoisotopic (exact) mass is 416 g/mol. The van der Waals surface area contributed by atoms with E-state index >= 15 is 0 Å². The van der Waals surface area contributed by atoms with Gasteiger partial charge in [0, 0.05) is 6.42 Å². The van der Waals surface area contributed by atoms with Crippen LogP contribution >= 0.6 is 0 Å². The zero-order chi connectivity index (χ0) is 21.8. The van der Waals surface area contributed by atoms with Crippen LogP contribution in [-0.4, -0.2) is 53.4 Å². The Balaban J connectivity index is 2.77. The molecule has 1 heterocycles. The van der Waals surface area contributed by atoms with Gasteiger partial charge < -0.3 is 24.4 Å². The molecule has 29 heavy (non-hydrogen) atoms. The van der Waals surface area contributed by atoms with E-state index in [9.17, 15) is 19.8 Å². The number of esters is 2. The molecule has 0 aromatic rings. The van der Waals surface area contributed by atoms with Gasteiger partial charge in [-0.2, -0.15) is 0 Å². The van der Waals surface area contributed by atoms with Crippen LogP contribution in [0.1, 0.15) is 85.5 Å². The highest BCUT2D eigenvalue weighted by Gasteiger charge is 2.41. The molecule has 1 saturated heterocycles. The normalized spacial score (nSPS) is 24.7. The van der Waals surface area contributed by atoms with Crippen molar-refractivity contribution in [3.8, 4) is 0 Å². The van der Waals surface area contributed by atoms with Crippen molar-refractivity contribution < 1.29 is 34.0 Å². The fourth-order valence-electron chi connectivity index (χ4n) is 3.88. The average Bonchev–Trinajstić information content (AvgIpc) is 2.67. The Morgan fingerprint density at radius 3 is 1.86 bits per heavy atom. The molecule has 0 aliphatic carbocycles. The minimum atomic E-state index is -1.19. The third-order valence-electron chi connectivity index (χ3n) is 5.38. The maximum atomic E-state index is 12.6. The Kier molecular flexibility index (Phi) is 12.4. The maximum Gasteiger partial charge on any atom is 0.309 e. The Labute approximate surface area is 175 Å². The number of hydrogen-bond donors (Lipinski definition) is 2. The molecule has 0 amide bonds. The molecule has 1 fully saturated rings. The third kappa shape index (κ3) is 8.60. The van der Waals surface area contributed by atoms with Gasteiger partial charge in [-0.25, -0.2) is 0 Å². The zero-order valence-electron chi connectivity index (χ0n) is 18.5. The van der Waals surface area contributed by atoms with Crippen LogP contribution < -0.4 is 0 Å². The van der Waals surface area contributed by atoms with Crippen LogP contribution in [-0.2, 0) is 23.8 Å². The maximum absolute atomic E-state index is 12.6. The van der Waals surface area contributed by atoms with E-state index in [-0.39, 0.29) is 36.8 Å². The second-order valence-corrected chi connectivity index (χ2v) is 8.01. The Morgan fingerprint density at radius 1 is 0.897 bits per heavy atom. The van der Waals surface area contributed by atoms with Gasteiger partial charge in [0.05, 0.1) is 17.9 Å². The van der Waals surface area contributed by atoms with Gasteiger partial charge in [-0.3, -0.25) is 9.59 Å². The third-order valence-corrected chi connectivity index (χ3v) is 5.38. The molecule has 1 rings (SSSR count). The van der Waals surface area contributed by atoms with Crippen LogP contribution in [0.5, 0.6) is 0 Å². The second-order valence-electron chi connectivity index (χ2n) is 8.01. The van der Waals surface area contributed by atoms with Gasteiger partial charge in [-0.05, 0) is 25.7 Å². The largest absolute Gasteiger partial charge is 0.463 e. The molecule has 0 aromatic heterocycles. The fraction of sp³-hybridized carbons (Fsp3) is 0.909. The van der Waals surface area contributed by atoms with Gasteiger partial charge in [-0.15, -0.1) is 0 Å². The molecule has 1 aliphatic heterocycles. The molecule has 0 radical (unpaired) electrons. The number of hydrogen-bond acceptors (Lipinski definition) is 7. The van der Waals surface area contributed by atoms with E-state index in [4.69, 9.17) is 14.2 Å². The van der Waals surface area contributed by atoms with Crippen LogP contribution in [0.4, 0.5) is 0 Å². The van der Waals surface area contributed by atoms with Crippen molar-refractivity contribution in [2.45, 2.75) is 110 Å². The van der Waals surface area contributed by atoms with Gasteiger partial charge in [-0.1, -0.05) is 53.4 Å². The summed E-state index contributed by atoms with van der Waals surface area (Å²) in [5.41, 5.74) is 0. The lowest BCUT2D eigenvalue weighted by Gasteiger charge is -2.37. The van der Waals surface area contributed by atoms with Gasteiger partial charge >= 0.3 is 11.9 Å². The van der Waals surface area contributed by atoms with E-state index in [1.54, 1.807) is 0 Å². The van der Waals surface area contributed by atoms with Crippen LogP contribution in [0.2, 0.25) is 0 Å². The van der Waals surface area contributed by atoms with Crippen molar-refractivity contribution in [3.05, 3.63) is 0 Å². The summed E-state index contributed by atoms with van der Waals surface area (Å²) in [6.45, 7) is 7.89. The highest BCUT2D eigenvalue weighted by molar-refractivity contribution is 5.73. The molecule has 2 N–H and O–H groups in total. The molecule has 170 valence electrons. The van der Waals surface area contributed by atoms with E-state index in [1.165, 1.54) is 0 Å². The van der Waals surface area contributed by atoms with Crippen molar-refractivity contribution in [1.82, 2.24) is 0 Å². The van der Waals surface area contributed by atoms with Gasteiger partial charge in [0.1, 0.15) is 12.7 Å². The van der Waals surface area contributed by atoms with Crippen molar-refractivity contribution >= 4 is 11.9 Å². The second kappa shape index (κ2) is 13.9. The number of aliphatic hydroxyl groups is 2. The predicted octanol–water partition coefficient (Wildman–Crippen LogP) is 3.34. The lowest BCUT2D eigenvalue weighted by atomic mass is 9.97. The number of carbonyl (C=O) groups is 2. The zero-order valence-corrected chi connectivity index (χ0v) is 18.5. The van der Waals surface area contributed by atoms with Crippen molar-refractivity contribution in [1.29, 1.82) is 0 Å². The summed E-state index contributed by atoms with van der Waals surface area (Å²) in [6, 6.07) is 0. The summed E-state index contributed by atoms with van der Waals surface area (Å²) in [7, 11) is 0. The first-order valence-electron chi connectivity index (χ1n) is 11.3. The number of aliphatic hydroxyl groups excluding tert-OH is 2. The standard InChI is InChI=1S/C22H40O7/c1-5-9-15(10-6-2)21(25)27-14-18-20(17(23)13-19(24)28-18)29-22(26)16(11-7-3)12-8-4/h15-20,23-24H,5-14H2,1-4H3/t17-,18-,19?,20+/m1/s1. The molecule has 0 aromatic carbocycles. The van der Waals surface area contributed by atoms with E-state index in [2.05, 4.69) is 0 Å². The molecular weight excluding hydrogens is 376 g/mol. The first-order valence-corrected chi connectivity index (χ1v) is 11.3. The minimum absolute atomic E-state index is 0.0527. The summed E-state index contributed by atoms with van der Waals surface area (Å²) >= 11 is 0. The summed E-state index contributed by atoms with van der Waals surface area (Å²) in [6.07, 6.45) is 2.24. The Morgan fingerprint density at radius 2 is 1.38 bits per heavy atom. The molecule has 1 aliphatic rings. The van der Waals surface area contributed by atoms with E-state index in [1.807, 2.05) is 27.7 Å². The molecular formula is C22H40O7. The molecule has 7 nitrogen and oxygen atoms in total. The smallest absolute Gasteiger partial charge is 0.309 e. The van der Waals surface area contributed by atoms with Gasteiger partial charge in [0.15, 0.2) is 12.4 Å². The molecule has 0 spiro atoms. The quantitative estimate of drug-likeness (QED) is 0.444. The first-order chi connectivity index (χ1) is 13.9. The summed E-state index contributed by atoms with van der Waals surface area (Å²) in [5, 5.41) is 20.2.